The number of benzene rings is 2. The van der Waals surface area contributed by atoms with Gasteiger partial charge in [0, 0.05) is 41.0 Å². The summed E-state index contributed by atoms with van der Waals surface area (Å²) in [5.41, 5.74) is 9.76. The van der Waals surface area contributed by atoms with Gasteiger partial charge < -0.3 is 10.3 Å². The van der Waals surface area contributed by atoms with Gasteiger partial charge in [0.25, 0.3) is 0 Å². The number of nitrogens with zero attached hydrogens (tertiary/aromatic N) is 1. The number of carbonyl (C=O) groups is 1. The highest BCUT2D eigenvalue weighted by atomic mass is 16.1. The molecule has 0 unspecified atom stereocenters. The molecule has 3 nitrogen and oxygen atoms in total. The zero-order chi connectivity index (χ0) is 14.3. The van der Waals surface area contributed by atoms with Crippen molar-refractivity contribution in [3.05, 3.63) is 65.4 Å². The van der Waals surface area contributed by atoms with Crippen molar-refractivity contribution in [1.29, 1.82) is 0 Å². The first-order chi connectivity index (χ1) is 9.59. The van der Waals surface area contributed by atoms with Crippen molar-refractivity contribution >= 4 is 22.4 Å². The predicted octanol–water partition coefficient (Wildman–Crippen LogP) is 3.30. The fraction of sp³-hybridized carbons (Fsp3) is 0.118. The van der Waals surface area contributed by atoms with Crippen LogP contribution >= 0.6 is 0 Å². The van der Waals surface area contributed by atoms with E-state index >= 15 is 0 Å². The smallest absolute Gasteiger partial charge is 0.197 e. The van der Waals surface area contributed by atoms with E-state index in [4.69, 9.17) is 5.73 Å². The lowest BCUT2D eigenvalue weighted by Crippen LogP contribution is -2.07. The van der Waals surface area contributed by atoms with E-state index in [1.165, 1.54) is 0 Å². The molecule has 0 fully saturated rings. The second-order valence-electron chi connectivity index (χ2n) is 5.04. The quantitative estimate of drug-likeness (QED) is 0.570. The van der Waals surface area contributed by atoms with Gasteiger partial charge in [0.2, 0.25) is 0 Å². The van der Waals surface area contributed by atoms with E-state index in [0.29, 0.717) is 16.8 Å². The van der Waals surface area contributed by atoms with Crippen LogP contribution in [-0.4, -0.2) is 10.4 Å². The molecule has 20 heavy (non-hydrogen) atoms. The van der Waals surface area contributed by atoms with E-state index < -0.39 is 0 Å². The molecule has 3 rings (SSSR count). The van der Waals surface area contributed by atoms with Crippen LogP contribution in [0, 0.1) is 6.92 Å². The fourth-order valence-corrected chi connectivity index (χ4v) is 2.66. The molecule has 0 spiro atoms. The lowest BCUT2D eigenvalue weighted by Gasteiger charge is -2.07. The number of carbonyl (C=O) groups excluding carboxylic acids is 1. The molecule has 0 saturated heterocycles. The maximum absolute atomic E-state index is 12.8. The van der Waals surface area contributed by atoms with Gasteiger partial charge in [0.15, 0.2) is 5.78 Å². The number of para-hydroxylation sites is 1. The Bertz CT molecular complexity index is 795. The molecule has 0 radical (unpaired) electrons. The van der Waals surface area contributed by atoms with Gasteiger partial charge in [-0.3, -0.25) is 4.79 Å². The molecule has 0 bridgehead atoms. The number of aromatic nitrogens is 1. The zero-order valence-corrected chi connectivity index (χ0v) is 11.6. The molecule has 1 heterocycles. The molecule has 0 saturated carbocycles. The third kappa shape index (κ3) is 1.79. The van der Waals surface area contributed by atoms with E-state index in [9.17, 15) is 4.79 Å². The number of fused-ring (bicyclic) bond motifs is 1. The van der Waals surface area contributed by atoms with E-state index in [-0.39, 0.29) is 5.78 Å². The van der Waals surface area contributed by atoms with Gasteiger partial charge in [-0.25, -0.2) is 0 Å². The largest absolute Gasteiger partial charge is 0.398 e. The number of hydrogen-bond donors (Lipinski definition) is 1. The first-order valence-electron chi connectivity index (χ1n) is 6.53. The van der Waals surface area contributed by atoms with E-state index in [2.05, 4.69) is 0 Å². The second-order valence-corrected chi connectivity index (χ2v) is 5.04. The lowest BCUT2D eigenvalue weighted by molar-refractivity contribution is 0.104. The van der Waals surface area contributed by atoms with Gasteiger partial charge in [-0.1, -0.05) is 30.3 Å². The normalized spacial score (nSPS) is 10.9. The van der Waals surface area contributed by atoms with E-state index in [1.54, 1.807) is 6.07 Å². The van der Waals surface area contributed by atoms with Crippen LogP contribution in [0.4, 0.5) is 5.69 Å². The number of rotatable bonds is 2. The predicted molar refractivity (Wildman–Crippen MR) is 81.9 cm³/mol. The molecule has 0 atom stereocenters. The van der Waals surface area contributed by atoms with Crippen molar-refractivity contribution in [2.24, 2.45) is 7.05 Å². The summed E-state index contributed by atoms with van der Waals surface area (Å²) in [6, 6.07) is 13.4. The summed E-state index contributed by atoms with van der Waals surface area (Å²) in [6.07, 6.45) is 1.87. The minimum atomic E-state index is -0.0163. The SMILES string of the molecule is Cc1cccc(N)c1C(=O)c1cn(C)c2ccccc12. The summed E-state index contributed by atoms with van der Waals surface area (Å²) >= 11 is 0. The summed E-state index contributed by atoms with van der Waals surface area (Å²) in [5, 5.41) is 0.961. The highest BCUT2D eigenvalue weighted by molar-refractivity contribution is 6.19. The van der Waals surface area contributed by atoms with Gasteiger partial charge in [-0.05, 0) is 24.6 Å². The van der Waals surface area contributed by atoms with Gasteiger partial charge in [0.05, 0.1) is 0 Å². The third-order valence-corrected chi connectivity index (χ3v) is 3.67. The molecule has 0 aliphatic carbocycles. The van der Waals surface area contributed by atoms with Crippen LogP contribution in [0.1, 0.15) is 21.5 Å². The fourth-order valence-electron chi connectivity index (χ4n) is 2.66. The van der Waals surface area contributed by atoms with E-state index in [1.807, 2.05) is 61.1 Å². The number of ketones is 1. The van der Waals surface area contributed by atoms with Crippen molar-refractivity contribution < 1.29 is 4.79 Å². The van der Waals surface area contributed by atoms with Crippen LogP contribution in [0.2, 0.25) is 0 Å². The van der Waals surface area contributed by atoms with Gasteiger partial charge >= 0.3 is 0 Å². The molecule has 0 amide bonds. The molecule has 0 aliphatic heterocycles. The number of hydrogen-bond acceptors (Lipinski definition) is 2. The molecule has 1 aromatic heterocycles. The van der Waals surface area contributed by atoms with Crippen molar-refractivity contribution in [3.8, 4) is 0 Å². The topological polar surface area (TPSA) is 48.0 Å². The Hall–Kier alpha value is -2.55. The molecule has 0 aliphatic rings. The Labute approximate surface area is 117 Å². The van der Waals surface area contributed by atoms with Crippen molar-refractivity contribution in [3.63, 3.8) is 0 Å². The van der Waals surface area contributed by atoms with Crippen LogP contribution in [0.5, 0.6) is 0 Å². The lowest BCUT2D eigenvalue weighted by atomic mass is 9.97. The minimum absolute atomic E-state index is 0.0163. The molecule has 3 aromatic rings. The Morgan fingerprint density at radius 2 is 1.85 bits per heavy atom. The summed E-state index contributed by atoms with van der Waals surface area (Å²) in [5.74, 6) is -0.0163. The number of aryl methyl sites for hydroxylation is 2. The van der Waals surface area contributed by atoms with Crippen LogP contribution < -0.4 is 5.73 Å². The summed E-state index contributed by atoms with van der Waals surface area (Å²) in [7, 11) is 1.94. The summed E-state index contributed by atoms with van der Waals surface area (Å²) in [4.78, 5) is 12.8. The summed E-state index contributed by atoms with van der Waals surface area (Å²) < 4.78 is 1.97. The van der Waals surface area contributed by atoms with E-state index in [0.717, 1.165) is 16.5 Å². The molecule has 100 valence electrons. The standard InChI is InChI=1S/C17H16N2O/c1-11-6-5-8-14(18)16(11)17(20)13-10-19(2)15-9-4-3-7-12(13)15/h3-10H,18H2,1-2H3. The van der Waals surface area contributed by atoms with Crippen LogP contribution in [0.25, 0.3) is 10.9 Å². The Balaban J connectivity index is 2.24. The first-order valence-corrected chi connectivity index (χ1v) is 6.53. The Morgan fingerprint density at radius 3 is 2.60 bits per heavy atom. The number of nitrogens with two attached hydrogens (primary N) is 1. The highest BCUT2D eigenvalue weighted by Crippen LogP contribution is 2.26. The van der Waals surface area contributed by atoms with Crippen LogP contribution in [-0.2, 0) is 7.05 Å². The zero-order valence-electron chi connectivity index (χ0n) is 11.6. The van der Waals surface area contributed by atoms with Crippen molar-refractivity contribution in [2.75, 3.05) is 5.73 Å². The van der Waals surface area contributed by atoms with Crippen LogP contribution in [0.15, 0.2) is 48.7 Å². The Morgan fingerprint density at radius 1 is 1.10 bits per heavy atom. The molecular weight excluding hydrogens is 248 g/mol. The minimum Gasteiger partial charge on any atom is -0.398 e. The van der Waals surface area contributed by atoms with Crippen molar-refractivity contribution in [2.45, 2.75) is 6.92 Å². The monoisotopic (exact) mass is 264 g/mol. The maximum Gasteiger partial charge on any atom is 0.197 e. The highest BCUT2D eigenvalue weighted by Gasteiger charge is 2.19. The maximum atomic E-state index is 12.8. The van der Waals surface area contributed by atoms with Crippen molar-refractivity contribution in [1.82, 2.24) is 4.57 Å². The molecule has 2 aromatic carbocycles. The average molecular weight is 264 g/mol. The van der Waals surface area contributed by atoms with Crippen LogP contribution in [0.3, 0.4) is 0 Å². The van der Waals surface area contributed by atoms with Gasteiger partial charge in [-0.15, -0.1) is 0 Å². The summed E-state index contributed by atoms with van der Waals surface area (Å²) in [6.45, 7) is 1.91. The van der Waals surface area contributed by atoms with Gasteiger partial charge in [0.1, 0.15) is 0 Å². The second kappa shape index (κ2) is 4.53. The third-order valence-electron chi connectivity index (χ3n) is 3.67. The molecule has 3 heteroatoms. The molecule has 2 N–H and O–H groups in total. The number of nitrogen functional groups attached to an aromatic ring is 1. The molecular formula is C17H16N2O. The number of anilines is 1. The average Bonchev–Trinajstić information content (AvgIpc) is 2.76. The first kappa shape index (κ1) is 12.5. The van der Waals surface area contributed by atoms with Gasteiger partial charge in [-0.2, -0.15) is 0 Å². The Kier molecular flexibility index (Phi) is 2.83.